The van der Waals surface area contributed by atoms with Crippen molar-refractivity contribution in [3.05, 3.63) is 43.0 Å². The molecule has 2 aromatic rings. The SMILES string of the molecule is CSc1ccc(-c2cn[c]nc2)cc1. The van der Waals surface area contributed by atoms with E-state index in [0.717, 1.165) is 11.1 Å². The molecule has 2 rings (SSSR count). The first-order chi connectivity index (χ1) is 6.90. The Hall–Kier alpha value is -1.35. The van der Waals surface area contributed by atoms with Crippen LogP contribution in [0.25, 0.3) is 11.1 Å². The van der Waals surface area contributed by atoms with Gasteiger partial charge >= 0.3 is 0 Å². The third kappa shape index (κ3) is 1.93. The predicted octanol–water partition coefficient (Wildman–Crippen LogP) is 2.67. The summed E-state index contributed by atoms with van der Waals surface area (Å²) in [5, 5.41) is 0. The molecule has 0 aliphatic heterocycles. The van der Waals surface area contributed by atoms with Crippen molar-refractivity contribution in [3.8, 4) is 11.1 Å². The van der Waals surface area contributed by atoms with Crippen molar-refractivity contribution in [1.29, 1.82) is 0 Å². The quantitative estimate of drug-likeness (QED) is 0.699. The highest BCUT2D eigenvalue weighted by molar-refractivity contribution is 7.98. The molecule has 0 N–H and O–H groups in total. The number of aromatic nitrogens is 2. The lowest BCUT2D eigenvalue weighted by molar-refractivity contribution is 1.15. The highest BCUT2D eigenvalue weighted by Crippen LogP contribution is 2.21. The Morgan fingerprint density at radius 1 is 1.00 bits per heavy atom. The van der Waals surface area contributed by atoms with E-state index in [4.69, 9.17) is 0 Å². The fourth-order valence-electron chi connectivity index (χ4n) is 1.20. The standard InChI is InChI=1S/C11H9N2S/c1-14-11-4-2-9(3-5-11)10-6-12-8-13-7-10/h2-7H,1H3. The molecule has 1 heterocycles. The van der Waals surface area contributed by atoms with E-state index in [0.29, 0.717) is 0 Å². The van der Waals surface area contributed by atoms with Crippen LogP contribution in [0.15, 0.2) is 41.6 Å². The number of nitrogens with zero attached hydrogens (tertiary/aromatic N) is 2. The summed E-state index contributed by atoms with van der Waals surface area (Å²) in [6.45, 7) is 0. The zero-order chi connectivity index (χ0) is 9.80. The summed E-state index contributed by atoms with van der Waals surface area (Å²) in [6, 6.07) is 8.34. The van der Waals surface area contributed by atoms with E-state index >= 15 is 0 Å². The van der Waals surface area contributed by atoms with Crippen LogP contribution in [0, 0.1) is 6.33 Å². The van der Waals surface area contributed by atoms with E-state index in [1.54, 1.807) is 24.2 Å². The molecule has 0 bridgehead atoms. The maximum Gasteiger partial charge on any atom is 0.197 e. The van der Waals surface area contributed by atoms with Gasteiger partial charge in [0.25, 0.3) is 0 Å². The van der Waals surface area contributed by atoms with Crippen molar-refractivity contribution in [3.63, 3.8) is 0 Å². The van der Waals surface area contributed by atoms with E-state index in [9.17, 15) is 0 Å². The monoisotopic (exact) mass is 201 g/mol. The lowest BCUT2D eigenvalue weighted by atomic mass is 10.1. The molecular weight excluding hydrogens is 192 g/mol. The van der Waals surface area contributed by atoms with Crippen LogP contribution in [0.5, 0.6) is 0 Å². The van der Waals surface area contributed by atoms with Gasteiger partial charge in [-0.3, -0.25) is 0 Å². The Kier molecular flexibility index (Phi) is 2.79. The van der Waals surface area contributed by atoms with Crippen LogP contribution in [0.1, 0.15) is 0 Å². The molecule has 69 valence electrons. The summed E-state index contributed by atoms with van der Waals surface area (Å²) in [5.74, 6) is 0. The van der Waals surface area contributed by atoms with Crippen molar-refractivity contribution >= 4 is 11.8 Å². The minimum atomic E-state index is 1.02. The van der Waals surface area contributed by atoms with Crippen LogP contribution in [0.2, 0.25) is 0 Å². The van der Waals surface area contributed by atoms with Crippen LogP contribution in [-0.2, 0) is 0 Å². The summed E-state index contributed by atoms with van der Waals surface area (Å²) < 4.78 is 0. The van der Waals surface area contributed by atoms with Gasteiger partial charge in [0.1, 0.15) is 0 Å². The Labute approximate surface area is 87.4 Å². The lowest BCUT2D eigenvalue weighted by Crippen LogP contribution is -1.82. The normalized spacial score (nSPS) is 10.1. The topological polar surface area (TPSA) is 25.8 Å². The average molecular weight is 201 g/mol. The van der Waals surface area contributed by atoms with Crippen molar-refractivity contribution < 1.29 is 0 Å². The van der Waals surface area contributed by atoms with E-state index in [-0.39, 0.29) is 0 Å². The Morgan fingerprint density at radius 3 is 2.21 bits per heavy atom. The molecule has 1 aromatic carbocycles. The summed E-state index contributed by atoms with van der Waals surface area (Å²) >= 11 is 1.74. The van der Waals surface area contributed by atoms with Gasteiger partial charge in [0.05, 0.1) is 0 Å². The number of hydrogen-bond acceptors (Lipinski definition) is 3. The van der Waals surface area contributed by atoms with E-state index in [2.05, 4.69) is 46.8 Å². The molecule has 0 aliphatic carbocycles. The van der Waals surface area contributed by atoms with Gasteiger partial charge in [-0.2, -0.15) is 0 Å². The molecule has 0 fully saturated rings. The van der Waals surface area contributed by atoms with Crippen molar-refractivity contribution in [1.82, 2.24) is 9.97 Å². The summed E-state index contributed by atoms with van der Waals surface area (Å²) in [7, 11) is 0. The molecule has 0 saturated heterocycles. The van der Waals surface area contributed by atoms with Gasteiger partial charge in [-0.1, -0.05) is 12.1 Å². The van der Waals surface area contributed by atoms with Gasteiger partial charge in [-0.25, -0.2) is 9.97 Å². The first-order valence-corrected chi connectivity index (χ1v) is 5.45. The van der Waals surface area contributed by atoms with Gasteiger partial charge in [0.2, 0.25) is 0 Å². The summed E-state index contributed by atoms with van der Waals surface area (Å²) in [6.07, 6.45) is 8.12. The smallest absolute Gasteiger partial charge is 0.197 e. The molecule has 14 heavy (non-hydrogen) atoms. The fourth-order valence-corrected chi connectivity index (χ4v) is 1.60. The Bertz CT molecular complexity index is 397. The van der Waals surface area contributed by atoms with E-state index in [1.165, 1.54) is 4.90 Å². The second kappa shape index (κ2) is 4.24. The van der Waals surface area contributed by atoms with Gasteiger partial charge < -0.3 is 0 Å². The van der Waals surface area contributed by atoms with Gasteiger partial charge in [-0.05, 0) is 24.0 Å². The van der Waals surface area contributed by atoms with Gasteiger partial charge in [0.15, 0.2) is 6.33 Å². The predicted molar refractivity (Wildman–Crippen MR) is 58.1 cm³/mol. The molecule has 0 atom stereocenters. The number of benzene rings is 1. The summed E-state index contributed by atoms with van der Waals surface area (Å²) in [4.78, 5) is 8.99. The average Bonchev–Trinajstić information content (AvgIpc) is 2.30. The van der Waals surface area contributed by atoms with Crippen LogP contribution < -0.4 is 0 Å². The maximum absolute atomic E-state index is 3.86. The maximum atomic E-state index is 3.86. The number of rotatable bonds is 2. The number of hydrogen-bond donors (Lipinski definition) is 0. The van der Waals surface area contributed by atoms with E-state index < -0.39 is 0 Å². The molecule has 0 unspecified atom stereocenters. The minimum absolute atomic E-state index is 1.02. The van der Waals surface area contributed by atoms with Crippen LogP contribution in [0.4, 0.5) is 0 Å². The zero-order valence-corrected chi connectivity index (χ0v) is 8.58. The number of thioether (sulfide) groups is 1. The molecule has 0 saturated carbocycles. The molecule has 0 spiro atoms. The largest absolute Gasteiger partial charge is 0.233 e. The first-order valence-electron chi connectivity index (χ1n) is 4.22. The Balaban J connectivity index is 2.34. The van der Waals surface area contributed by atoms with Crippen molar-refractivity contribution in [2.45, 2.75) is 4.90 Å². The molecule has 1 aromatic heterocycles. The second-order valence-corrected chi connectivity index (χ2v) is 3.68. The molecule has 0 aliphatic rings. The summed E-state index contributed by atoms with van der Waals surface area (Å²) in [5.41, 5.74) is 2.16. The first kappa shape index (κ1) is 9.21. The molecule has 3 heteroatoms. The Morgan fingerprint density at radius 2 is 1.64 bits per heavy atom. The third-order valence-electron chi connectivity index (χ3n) is 1.95. The second-order valence-electron chi connectivity index (χ2n) is 2.80. The van der Waals surface area contributed by atoms with Gasteiger partial charge in [-0.15, -0.1) is 11.8 Å². The van der Waals surface area contributed by atoms with Crippen LogP contribution in [0.3, 0.4) is 0 Å². The highest BCUT2D eigenvalue weighted by Gasteiger charge is 1.97. The molecule has 2 nitrogen and oxygen atoms in total. The molecular formula is C11H9N2S. The molecule has 0 amide bonds. The fraction of sp³-hybridized carbons (Fsp3) is 0.0909. The van der Waals surface area contributed by atoms with Crippen LogP contribution in [-0.4, -0.2) is 16.2 Å². The third-order valence-corrected chi connectivity index (χ3v) is 2.69. The minimum Gasteiger partial charge on any atom is -0.233 e. The molecule has 1 radical (unpaired) electrons. The van der Waals surface area contributed by atoms with Crippen molar-refractivity contribution in [2.75, 3.05) is 6.26 Å². The van der Waals surface area contributed by atoms with Gasteiger partial charge in [0, 0.05) is 22.9 Å². The van der Waals surface area contributed by atoms with E-state index in [1.807, 2.05) is 0 Å². The highest BCUT2D eigenvalue weighted by atomic mass is 32.2. The van der Waals surface area contributed by atoms with Crippen LogP contribution >= 0.6 is 11.8 Å². The lowest BCUT2D eigenvalue weighted by Gasteiger charge is -2.00. The van der Waals surface area contributed by atoms with Crippen molar-refractivity contribution in [2.24, 2.45) is 0 Å². The zero-order valence-electron chi connectivity index (χ0n) is 7.77.